The molecule has 0 saturated heterocycles. The minimum absolute atomic E-state index is 0.0241. The fraction of sp³-hybridized carbons (Fsp3) is 0.429. The number of carboxylic acids is 1. The summed E-state index contributed by atoms with van der Waals surface area (Å²) in [5.41, 5.74) is -1.24. The number of hydrogen-bond donors (Lipinski definition) is 2. The second-order valence-electron chi connectivity index (χ2n) is 5.19. The molecule has 1 fully saturated rings. The molecule has 114 valence electrons. The van der Waals surface area contributed by atoms with E-state index in [1.165, 1.54) is 13.0 Å². The number of ether oxygens (including phenoxy) is 1. The molecule has 0 aliphatic heterocycles. The van der Waals surface area contributed by atoms with Crippen molar-refractivity contribution in [3.8, 4) is 5.75 Å². The molecule has 0 heterocycles. The van der Waals surface area contributed by atoms with Crippen LogP contribution in [0.4, 0.5) is 0 Å². The predicted octanol–water partition coefficient (Wildman–Crippen LogP) is 2.74. The SMILES string of the molecule is CC(NC(=O)COc1ccc(Cl)c(Cl)c1)(C(=O)O)C1CC1. The number of rotatable bonds is 6. The van der Waals surface area contributed by atoms with Crippen LogP contribution in [0.25, 0.3) is 0 Å². The molecule has 1 atom stereocenters. The number of carboxylic acid groups (broad SMARTS) is 1. The first-order valence-electron chi connectivity index (χ1n) is 6.45. The first kappa shape index (κ1) is 15.9. The van der Waals surface area contributed by atoms with Gasteiger partial charge in [0.05, 0.1) is 10.0 Å². The zero-order valence-corrected chi connectivity index (χ0v) is 12.9. The quantitative estimate of drug-likeness (QED) is 0.840. The van der Waals surface area contributed by atoms with Crippen LogP contribution < -0.4 is 10.1 Å². The van der Waals surface area contributed by atoms with Crippen LogP contribution in [0.2, 0.25) is 10.0 Å². The monoisotopic (exact) mass is 331 g/mol. The number of aliphatic carboxylic acids is 1. The molecular formula is C14H15Cl2NO4. The van der Waals surface area contributed by atoms with Crippen LogP contribution in [0, 0.1) is 5.92 Å². The molecule has 2 rings (SSSR count). The summed E-state index contributed by atoms with van der Waals surface area (Å²) >= 11 is 11.6. The van der Waals surface area contributed by atoms with Gasteiger partial charge < -0.3 is 15.2 Å². The van der Waals surface area contributed by atoms with Crippen LogP contribution in [0.5, 0.6) is 5.75 Å². The van der Waals surface area contributed by atoms with Crippen molar-refractivity contribution in [1.82, 2.24) is 5.32 Å². The molecular weight excluding hydrogens is 317 g/mol. The third kappa shape index (κ3) is 3.80. The van der Waals surface area contributed by atoms with Gasteiger partial charge in [-0.05, 0) is 37.8 Å². The summed E-state index contributed by atoms with van der Waals surface area (Å²) in [4.78, 5) is 23.2. The summed E-state index contributed by atoms with van der Waals surface area (Å²) in [5.74, 6) is -1.15. The normalized spacial score (nSPS) is 16.9. The van der Waals surface area contributed by atoms with E-state index in [1.807, 2.05) is 0 Å². The van der Waals surface area contributed by atoms with Crippen LogP contribution >= 0.6 is 23.2 Å². The number of amides is 1. The largest absolute Gasteiger partial charge is 0.484 e. The standard InChI is InChI=1S/C14H15Cl2NO4/c1-14(13(19)20,8-2-3-8)17-12(18)7-21-9-4-5-10(15)11(16)6-9/h4-6,8H,2-3,7H2,1H3,(H,17,18)(H,19,20). The molecule has 1 aliphatic carbocycles. The maximum atomic E-state index is 11.9. The highest BCUT2D eigenvalue weighted by molar-refractivity contribution is 6.42. The van der Waals surface area contributed by atoms with Crippen molar-refractivity contribution in [2.75, 3.05) is 6.61 Å². The molecule has 1 aliphatic rings. The Morgan fingerprint density at radius 1 is 1.38 bits per heavy atom. The zero-order valence-electron chi connectivity index (χ0n) is 11.4. The zero-order chi connectivity index (χ0) is 15.6. The van der Waals surface area contributed by atoms with E-state index >= 15 is 0 Å². The lowest BCUT2D eigenvalue weighted by atomic mass is 9.96. The van der Waals surface area contributed by atoms with E-state index in [0.717, 1.165) is 12.8 Å². The highest BCUT2D eigenvalue weighted by atomic mass is 35.5. The highest BCUT2D eigenvalue weighted by Gasteiger charge is 2.48. The molecule has 5 nitrogen and oxygen atoms in total. The molecule has 1 amide bonds. The second-order valence-corrected chi connectivity index (χ2v) is 6.01. The number of halogens is 2. The van der Waals surface area contributed by atoms with Gasteiger partial charge in [-0.1, -0.05) is 23.2 Å². The van der Waals surface area contributed by atoms with Crippen LogP contribution in [0.15, 0.2) is 18.2 Å². The third-order valence-electron chi connectivity index (χ3n) is 3.50. The first-order valence-corrected chi connectivity index (χ1v) is 7.21. The van der Waals surface area contributed by atoms with Crippen molar-refractivity contribution in [2.24, 2.45) is 5.92 Å². The van der Waals surface area contributed by atoms with Gasteiger partial charge in [-0.25, -0.2) is 4.79 Å². The van der Waals surface area contributed by atoms with Gasteiger partial charge in [0.2, 0.25) is 0 Å². The van der Waals surface area contributed by atoms with Gasteiger partial charge in [-0.2, -0.15) is 0 Å². The smallest absolute Gasteiger partial charge is 0.329 e. The van der Waals surface area contributed by atoms with E-state index in [1.54, 1.807) is 12.1 Å². The third-order valence-corrected chi connectivity index (χ3v) is 4.24. The van der Waals surface area contributed by atoms with Gasteiger partial charge in [0.1, 0.15) is 11.3 Å². The Morgan fingerprint density at radius 3 is 2.57 bits per heavy atom. The molecule has 0 spiro atoms. The van der Waals surface area contributed by atoms with Crippen LogP contribution in [0.1, 0.15) is 19.8 Å². The van der Waals surface area contributed by atoms with Gasteiger partial charge in [0, 0.05) is 6.07 Å². The van der Waals surface area contributed by atoms with Gasteiger partial charge in [-0.3, -0.25) is 4.79 Å². The fourth-order valence-electron chi connectivity index (χ4n) is 2.03. The average molecular weight is 332 g/mol. The second kappa shape index (κ2) is 6.12. The first-order chi connectivity index (χ1) is 9.83. The summed E-state index contributed by atoms with van der Waals surface area (Å²) in [6.45, 7) is 1.23. The van der Waals surface area contributed by atoms with E-state index in [4.69, 9.17) is 27.9 Å². The van der Waals surface area contributed by atoms with E-state index < -0.39 is 17.4 Å². The van der Waals surface area contributed by atoms with Crippen molar-refractivity contribution in [3.63, 3.8) is 0 Å². The number of hydrogen-bond acceptors (Lipinski definition) is 3. The maximum absolute atomic E-state index is 11.9. The predicted molar refractivity (Wildman–Crippen MR) is 78.9 cm³/mol. The van der Waals surface area contributed by atoms with E-state index in [0.29, 0.717) is 15.8 Å². The molecule has 1 aromatic carbocycles. The number of carbonyl (C=O) groups excluding carboxylic acids is 1. The number of nitrogens with one attached hydrogen (secondary N) is 1. The van der Waals surface area contributed by atoms with Crippen LogP contribution in [-0.4, -0.2) is 29.1 Å². The van der Waals surface area contributed by atoms with Crippen molar-refractivity contribution in [2.45, 2.75) is 25.3 Å². The van der Waals surface area contributed by atoms with Gasteiger partial charge in [0.15, 0.2) is 6.61 Å². The lowest BCUT2D eigenvalue weighted by molar-refractivity contribution is -0.148. The Kier molecular flexibility index (Phi) is 4.64. The summed E-state index contributed by atoms with van der Waals surface area (Å²) in [7, 11) is 0. The van der Waals surface area contributed by atoms with Gasteiger partial charge >= 0.3 is 5.97 Å². The maximum Gasteiger partial charge on any atom is 0.329 e. The van der Waals surface area contributed by atoms with Crippen LogP contribution in [0.3, 0.4) is 0 Å². The lowest BCUT2D eigenvalue weighted by Gasteiger charge is -2.26. The molecule has 0 radical (unpaired) electrons. The molecule has 2 N–H and O–H groups in total. The van der Waals surface area contributed by atoms with Crippen molar-refractivity contribution in [1.29, 1.82) is 0 Å². The minimum atomic E-state index is -1.24. The fourth-order valence-corrected chi connectivity index (χ4v) is 2.32. The molecule has 1 unspecified atom stereocenters. The topological polar surface area (TPSA) is 75.6 Å². The summed E-state index contributed by atoms with van der Waals surface area (Å²) < 4.78 is 5.28. The Hall–Kier alpha value is -1.46. The molecule has 0 bridgehead atoms. The summed E-state index contributed by atoms with van der Waals surface area (Å²) in [5, 5.41) is 12.5. The Bertz CT molecular complexity index is 574. The van der Waals surface area contributed by atoms with E-state index in [2.05, 4.69) is 5.32 Å². The van der Waals surface area contributed by atoms with Crippen molar-refractivity contribution < 1.29 is 19.4 Å². The van der Waals surface area contributed by atoms with Gasteiger partial charge in [-0.15, -0.1) is 0 Å². The minimum Gasteiger partial charge on any atom is -0.484 e. The van der Waals surface area contributed by atoms with Crippen LogP contribution in [-0.2, 0) is 9.59 Å². The molecule has 0 aromatic heterocycles. The van der Waals surface area contributed by atoms with E-state index in [9.17, 15) is 14.7 Å². The molecule has 1 aromatic rings. The Balaban J connectivity index is 1.92. The van der Waals surface area contributed by atoms with Crippen molar-refractivity contribution >= 4 is 35.1 Å². The Morgan fingerprint density at radius 2 is 2.05 bits per heavy atom. The number of benzene rings is 1. The Labute approximate surface area is 132 Å². The van der Waals surface area contributed by atoms with Crippen molar-refractivity contribution in [3.05, 3.63) is 28.2 Å². The molecule has 7 heteroatoms. The molecule has 1 saturated carbocycles. The highest BCUT2D eigenvalue weighted by Crippen LogP contribution is 2.39. The number of carbonyl (C=O) groups is 2. The van der Waals surface area contributed by atoms with E-state index in [-0.39, 0.29) is 12.5 Å². The molecule has 21 heavy (non-hydrogen) atoms. The van der Waals surface area contributed by atoms with Gasteiger partial charge in [0.25, 0.3) is 5.91 Å². The lowest BCUT2D eigenvalue weighted by Crippen LogP contribution is -2.55. The average Bonchev–Trinajstić information content (AvgIpc) is 3.24. The summed E-state index contributed by atoms with van der Waals surface area (Å²) in [6, 6.07) is 4.63. The summed E-state index contributed by atoms with van der Waals surface area (Å²) in [6.07, 6.45) is 1.60.